The first-order valence-corrected chi connectivity index (χ1v) is 12.1. The molecule has 2 amide bonds. The van der Waals surface area contributed by atoms with Crippen molar-refractivity contribution in [1.29, 1.82) is 0 Å². The van der Waals surface area contributed by atoms with Crippen LogP contribution in [0.1, 0.15) is 36.7 Å². The maximum absolute atomic E-state index is 13.0. The van der Waals surface area contributed by atoms with Crippen LogP contribution in [-0.2, 0) is 9.59 Å². The summed E-state index contributed by atoms with van der Waals surface area (Å²) in [5.74, 6) is 0.243. The monoisotopic (exact) mass is 514 g/mol. The van der Waals surface area contributed by atoms with Crippen molar-refractivity contribution in [3.63, 3.8) is 0 Å². The molecule has 2 bridgehead atoms. The van der Waals surface area contributed by atoms with Crippen molar-refractivity contribution in [1.82, 2.24) is 35.5 Å². The number of halogens is 1. The summed E-state index contributed by atoms with van der Waals surface area (Å²) in [7, 11) is 0. The van der Waals surface area contributed by atoms with Gasteiger partial charge in [0.15, 0.2) is 0 Å². The van der Waals surface area contributed by atoms with E-state index in [1.165, 1.54) is 17.1 Å². The fourth-order valence-electron chi connectivity index (χ4n) is 4.02. The molecule has 11 heteroatoms. The highest BCUT2D eigenvalue weighted by molar-refractivity contribution is 6.30. The Kier molecular flexibility index (Phi) is 7.18. The molecule has 5 rings (SSSR count). The quantitative estimate of drug-likeness (QED) is 0.275. The van der Waals surface area contributed by atoms with Gasteiger partial charge in [0.2, 0.25) is 11.8 Å². The maximum Gasteiger partial charge on any atom is 0.244 e. The number of carbonyl (C=O) groups is 2. The number of hydrogen-bond acceptors (Lipinski definition) is 6. The lowest BCUT2D eigenvalue weighted by atomic mass is 10.1. The van der Waals surface area contributed by atoms with Gasteiger partial charge in [-0.15, -0.1) is 5.10 Å². The summed E-state index contributed by atoms with van der Waals surface area (Å²) in [6.45, 7) is 0. The second-order valence-corrected chi connectivity index (χ2v) is 8.81. The van der Waals surface area contributed by atoms with Crippen molar-refractivity contribution in [2.24, 2.45) is 0 Å². The van der Waals surface area contributed by atoms with E-state index >= 15 is 0 Å². The number of amides is 2. The molecular formula is C26H23ClN8O2. The van der Waals surface area contributed by atoms with Gasteiger partial charge in [0.05, 0.1) is 29.3 Å². The minimum absolute atomic E-state index is 0.0619. The fourth-order valence-corrected chi connectivity index (χ4v) is 4.20. The summed E-state index contributed by atoms with van der Waals surface area (Å²) >= 11 is 6.18. The first-order chi connectivity index (χ1) is 18.1. The largest absolute Gasteiger partial charge is 0.342 e. The first kappa shape index (κ1) is 24.1. The standard InChI is InChI=1S/C26H23ClN8O2/c27-18-11-12-23(35-16-29-33-34-35)17(14-18)10-13-25(37)31-21-8-2-1-3-9-24(36)30-20-7-5-4-6-19(20)22-15-28-26(21)32-22/h1-2,4-7,10-16,21H,3,8-9H2,(H,28,32)(H,30,36)(H,31,37)/t21-/m0/s1. The molecule has 0 saturated carbocycles. The van der Waals surface area contributed by atoms with Crippen molar-refractivity contribution in [2.45, 2.75) is 25.3 Å². The molecule has 10 nitrogen and oxygen atoms in total. The normalized spacial score (nSPS) is 15.8. The SMILES string of the molecule is O=C(C=Cc1cc(Cl)ccc1-n1cnnn1)N[C@H]1CC=CCCC(=O)Nc2ccccc2-c2cnc1[nH]2. The predicted molar refractivity (Wildman–Crippen MR) is 140 cm³/mol. The fraction of sp³-hybridized carbons (Fsp3) is 0.154. The molecule has 4 aromatic rings. The Labute approximate surface area is 217 Å². The van der Waals surface area contributed by atoms with Crippen LogP contribution >= 0.6 is 11.6 Å². The number of allylic oxidation sites excluding steroid dienone is 1. The predicted octanol–water partition coefficient (Wildman–Crippen LogP) is 4.26. The Morgan fingerprint density at radius 2 is 2.08 bits per heavy atom. The molecule has 2 aromatic heterocycles. The molecule has 0 radical (unpaired) electrons. The highest BCUT2D eigenvalue weighted by Crippen LogP contribution is 2.28. The molecule has 2 aromatic carbocycles. The number of tetrazole rings is 1. The number of para-hydroxylation sites is 1. The number of aromatic amines is 1. The van der Waals surface area contributed by atoms with E-state index < -0.39 is 6.04 Å². The van der Waals surface area contributed by atoms with Gasteiger partial charge in [-0.2, -0.15) is 4.68 Å². The minimum atomic E-state index is -0.405. The topological polar surface area (TPSA) is 130 Å². The zero-order chi connectivity index (χ0) is 25.6. The summed E-state index contributed by atoms with van der Waals surface area (Å²) in [5.41, 5.74) is 3.63. The van der Waals surface area contributed by atoms with Crippen molar-refractivity contribution in [3.05, 3.63) is 89.6 Å². The van der Waals surface area contributed by atoms with Gasteiger partial charge >= 0.3 is 0 Å². The van der Waals surface area contributed by atoms with E-state index in [-0.39, 0.29) is 11.8 Å². The molecule has 1 aliphatic rings. The lowest BCUT2D eigenvalue weighted by Gasteiger charge is -2.14. The minimum Gasteiger partial charge on any atom is -0.342 e. The van der Waals surface area contributed by atoms with Gasteiger partial charge in [0.25, 0.3) is 0 Å². The molecule has 0 unspecified atom stereocenters. The van der Waals surface area contributed by atoms with E-state index in [1.807, 2.05) is 36.4 Å². The Morgan fingerprint density at radius 1 is 1.19 bits per heavy atom. The number of fused-ring (bicyclic) bond motifs is 4. The molecule has 0 aliphatic carbocycles. The van der Waals surface area contributed by atoms with Crippen LogP contribution in [0.4, 0.5) is 5.69 Å². The zero-order valence-corrected chi connectivity index (χ0v) is 20.4. The second-order valence-electron chi connectivity index (χ2n) is 8.37. The van der Waals surface area contributed by atoms with Gasteiger partial charge in [-0.05, 0) is 53.6 Å². The number of benzene rings is 2. The summed E-state index contributed by atoms with van der Waals surface area (Å²) in [4.78, 5) is 33.2. The molecule has 0 spiro atoms. The van der Waals surface area contributed by atoms with Crippen LogP contribution in [0.5, 0.6) is 0 Å². The third-order valence-electron chi connectivity index (χ3n) is 5.81. The van der Waals surface area contributed by atoms with Crippen molar-refractivity contribution < 1.29 is 9.59 Å². The number of aromatic nitrogens is 6. The number of nitrogens with zero attached hydrogens (tertiary/aromatic N) is 5. The van der Waals surface area contributed by atoms with Crippen molar-refractivity contribution >= 4 is 35.2 Å². The molecule has 186 valence electrons. The summed E-state index contributed by atoms with van der Waals surface area (Å²) in [6, 6.07) is 12.4. The van der Waals surface area contributed by atoms with Crippen LogP contribution in [0.2, 0.25) is 5.02 Å². The van der Waals surface area contributed by atoms with E-state index in [0.717, 1.165) is 11.3 Å². The molecular weight excluding hydrogens is 492 g/mol. The van der Waals surface area contributed by atoms with Crippen LogP contribution in [-0.4, -0.2) is 42.0 Å². The lowest BCUT2D eigenvalue weighted by Crippen LogP contribution is -2.27. The van der Waals surface area contributed by atoms with Crippen LogP contribution < -0.4 is 10.6 Å². The van der Waals surface area contributed by atoms with Gasteiger partial charge in [-0.1, -0.05) is 42.0 Å². The number of imidazole rings is 1. The van der Waals surface area contributed by atoms with Gasteiger partial charge in [-0.25, -0.2) is 4.98 Å². The third kappa shape index (κ3) is 5.81. The molecule has 1 atom stereocenters. The number of rotatable bonds is 4. The summed E-state index contributed by atoms with van der Waals surface area (Å²) in [5, 5.41) is 17.8. The zero-order valence-electron chi connectivity index (χ0n) is 19.6. The van der Waals surface area contributed by atoms with Crippen LogP contribution in [0.3, 0.4) is 0 Å². The number of nitrogens with one attached hydrogen (secondary N) is 3. The van der Waals surface area contributed by atoms with E-state index in [9.17, 15) is 9.59 Å². The van der Waals surface area contributed by atoms with E-state index in [1.54, 1.807) is 30.5 Å². The van der Waals surface area contributed by atoms with E-state index in [4.69, 9.17) is 11.6 Å². The third-order valence-corrected chi connectivity index (χ3v) is 6.04. The lowest BCUT2D eigenvalue weighted by molar-refractivity contribution is -0.117. The van der Waals surface area contributed by atoms with Gasteiger partial charge < -0.3 is 15.6 Å². The molecule has 1 aliphatic heterocycles. The van der Waals surface area contributed by atoms with Crippen molar-refractivity contribution in [2.75, 3.05) is 5.32 Å². The van der Waals surface area contributed by atoms with Crippen LogP contribution in [0.15, 0.2) is 73.2 Å². The van der Waals surface area contributed by atoms with E-state index in [0.29, 0.717) is 47.0 Å². The Hall–Kier alpha value is -4.57. The Bertz CT molecular complexity index is 1480. The average molecular weight is 515 g/mol. The van der Waals surface area contributed by atoms with E-state index in [2.05, 4.69) is 36.1 Å². The van der Waals surface area contributed by atoms with Crippen LogP contribution in [0.25, 0.3) is 23.0 Å². The maximum atomic E-state index is 13.0. The number of hydrogen-bond donors (Lipinski definition) is 3. The van der Waals surface area contributed by atoms with Gasteiger partial charge in [0, 0.05) is 28.6 Å². The highest BCUT2D eigenvalue weighted by atomic mass is 35.5. The highest BCUT2D eigenvalue weighted by Gasteiger charge is 2.18. The van der Waals surface area contributed by atoms with Gasteiger partial charge in [-0.3, -0.25) is 9.59 Å². The molecule has 0 saturated heterocycles. The number of carbonyl (C=O) groups excluding carboxylic acids is 2. The van der Waals surface area contributed by atoms with Gasteiger partial charge in [0.1, 0.15) is 12.2 Å². The molecule has 0 fully saturated rings. The number of anilines is 1. The molecule has 3 heterocycles. The first-order valence-electron chi connectivity index (χ1n) is 11.7. The smallest absolute Gasteiger partial charge is 0.244 e. The second kappa shape index (κ2) is 11.0. The van der Waals surface area contributed by atoms with Crippen LogP contribution in [0, 0.1) is 0 Å². The average Bonchev–Trinajstić information content (AvgIpc) is 3.60. The Morgan fingerprint density at radius 3 is 2.95 bits per heavy atom. The molecule has 3 N–H and O–H groups in total. The van der Waals surface area contributed by atoms with Crippen molar-refractivity contribution in [3.8, 4) is 16.9 Å². The summed E-state index contributed by atoms with van der Waals surface area (Å²) < 4.78 is 1.50. The number of H-pyrrole nitrogens is 1. The summed E-state index contributed by atoms with van der Waals surface area (Å²) in [6.07, 6.45) is 11.6. The Balaban J connectivity index is 1.39. The molecule has 37 heavy (non-hydrogen) atoms.